The molecule has 4 heteroatoms. The number of pyridine rings is 1. The predicted octanol–water partition coefficient (Wildman–Crippen LogP) is 1.92. The van der Waals surface area contributed by atoms with E-state index in [2.05, 4.69) is 31.1 Å². The summed E-state index contributed by atoms with van der Waals surface area (Å²) in [4.78, 5) is 15.8. The van der Waals surface area contributed by atoms with Crippen LogP contribution < -0.4 is 5.32 Å². The Labute approximate surface area is 108 Å². The third-order valence-corrected chi connectivity index (χ3v) is 2.48. The second kappa shape index (κ2) is 5.96. The second-order valence-electron chi connectivity index (χ2n) is 5.88. The molecule has 1 heterocycles. The first-order valence-electron chi connectivity index (χ1n) is 6.16. The number of aliphatic hydroxyl groups is 1. The fourth-order valence-corrected chi connectivity index (χ4v) is 1.77. The molecule has 0 bridgehead atoms. The highest BCUT2D eigenvalue weighted by Gasteiger charge is 2.17. The van der Waals surface area contributed by atoms with Gasteiger partial charge in [0.2, 0.25) is 0 Å². The standard InChI is InChI=1S/C14H22N2O2/c1-10-5-11(8-15-7-10)13(18)16-9-12(17)6-14(2,3)4/h5,7-8,12,17H,6,9H2,1-4H3,(H,16,18). The molecule has 0 spiro atoms. The molecule has 0 aliphatic rings. The molecule has 0 saturated heterocycles. The lowest BCUT2D eigenvalue weighted by Gasteiger charge is -2.22. The third kappa shape index (κ3) is 5.27. The van der Waals surface area contributed by atoms with Gasteiger partial charge in [0.05, 0.1) is 11.7 Å². The van der Waals surface area contributed by atoms with Gasteiger partial charge in [0.15, 0.2) is 0 Å². The monoisotopic (exact) mass is 250 g/mol. The maximum atomic E-state index is 11.8. The molecular weight excluding hydrogens is 228 g/mol. The number of rotatable bonds is 4. The van der Waals surface area contributed by atoms with E-state index in [1.807, 2.05) is 6.92 Å². The van der Waals surface area contributed by atoms with Gasteiger partial charge in [0, 0.05) is 18.9 Å². The van der Waals surface area contributed by atoms with Crippen LogP contribution in [0.25, 0.3) is 0 Å². The minimum absolute atomic E-state index is 0.0506. The molecule has 0 aromatic carbocycles. The number of carbonyl (C=O) groups excluding carboxylic acids is 1. The van der Waals surface area contributed by atoms with Crippen molar-refractivity contribution in [2.24, 2.45) is 5.41 Å². The summed E-state index contributed by atoms with van der Waals surface area (Å²) in [6.07, 6.45) is 3.36. The Bertz CT molecular complexity index is 411. The van der Waals surface area contributed by atoms with Gasteiger partial charge in [-0.15, -0.1) is 0 Å². The summed E-state index contributed by atoms with van der Waals surface area (Å²) >= 11 is 0. The van der Waals surface area contributed by atoms with Crippen LogP contribution in [0, 0.1) is 12.3 Å². The maximum absolute atomic E-state index is 11.8. The number of nitrogens with one attached hydrogen (secondary N) is 1. The lowest BCUT2D eigenvalue weighted by atomic mass is 9.89. The van der Waals surface area contributed by atoms with Crippen LogP contribution in [0.2, 0.25) is 0 Å². The summed E-state index contributed by atoms with van der Waals surface area (Å²) in [6, 6.07) is 1.78. The second-order valence-corrected chi connectivity index (χ2v) is 5.88. The zero-order valence-electron chi connectivity index (χ0n) is 11.5. The molecule has 4 nitrogen and oxygen atoms in total. The van der Waals surface area contributed by atoms with Crippen molar-refractivity contribution in [1.82, 2.24) is 10.3 Å². The van der Waals surface area contributed by atoms with Gasteiger partial charge < -0.3 is 10.4 Å². The molecule has 100 valence electrons. The van der Waals surface area contributed by atoms with E-state index < -0.39 is 6.10 Å². The Morgan fingerprint density at radius 3 is 2.67 bits per heavy atom. The van der Waals surface area contributed by atoms with Crippen molar-refractivity contribution in [3.63, 3.8) is 0 Å². The molecule has 0 aliphatic heterocycles. The number of aryl methyl sites for hydroxylation is 1. The summed E-state index contributed by atoms with van der Waals surface area (Å²) in [5.41, 5.74) is 1.52. The van der Waals surface area contributed by atoms with E-state index in [0.717, 1.165) is 5.56 Å². The fraction of sp³-hybridized carbons (Fsp3) is 0.571. The number of carbonyl (C=O) groups is 1. The van der Waals surface area contributed by atoms with Gasteiger partial charge in [-0.25, -0.2) is 0 Å². The van der Waals surface area contributed by atoms with Crippen LogP contribution in [-0.2, 0) is 0 Å². The summed E-state index contributed by atoms with van der Waals surface area (Å²) in [7, 11) is 0. The highest BCUT2D eigenvalue weighted by atomic mass is 16.3. The summed E-state index contributed by atoms with van der Waals surface area (Å²) in [5, 5.41) is 12.5. The van der Waals surface area contributed by atoms with Crippen molar-refractivity contribution in [3.8, 4) is 0 Å². The predicted molar refractivity (Wildman–Crippen MR) is 71.4 cm³/mol. The van der Waals surface area contributed by atoms with Crippen LogP contribution in [-0.4, -0.2) is 28.6 Å². The van der Waals surface area contributed by atoms with Crippen LogP contribution in [0.1, 0.15) is 43.1 Å². The average molecular weight is 250 g/mol. The Kier molecular flexibility index (Phi) is 4.84. The molecule has 0 saturated carbocycles. The zero-order chi connectivity index (χ0) is 13.8. The molecule has 0 fully saturated rings. The number of nitrogens with zero attached hydrogens (tertiary/aromatic N) is 1. The topological polar surface area (TPSA) is 62.2 Å². The molecule has 1 unspecified atom stereocenters. The van der Waals surface area contributed by atoms with Crippen molar-refractivity contribution in [2.75, 3.05) is 6.54 Å². The van der Waals surface area contributed by atoms with E-state index in [1.165, 1.54) is 6.20 Å². The quantitative estimate of drug-likeness (QED) is 0.858. The van der Waals surface area contributed by atoms with Crippen LogP contribution in [0.3, 0.4) is 0 Å². The number of hydrogen-bond donors (Lipinski definition) is 2. The first-order valence-corrected chi connectivity index (χ1v) is 6.16. The van der Waals surface area contributed by atoms with E-state index in [9.17, 15) is 9.90 Å². The van der Waals surface area contributed by atoms with E-state index in [1.54, 1.807) is 12.3 Å². The van der Waals surface area contributed by atoms with E-state index in [0.29, 0.717) is 12.0 Å². The van der Waals surface area contributed by atoms with Gasteiger partial charge in [0.25, 0.3) is 5.91 Å². The van der Waals surface area contributed by atoms with Crippen molar-refractivity contribution < 1.29 is 9.90 Å². The molecule has 0 radical (unpaired) electrons. The lowest BCUT2D eigenvalue weighted by molar-refractivity contribution is 0.0868. The van der Waals surface area contributed by atoms with Gasteiger partial charge in [-0.05, 0) is 30.4 Å². The molecule has 2 N–H and O–H groups in total. The van der Waals surface area contributed by atoms with Crippen molar-refractivity contribution in [1.29, 1.82) is 0 Å². The van der Waals surface area contributed by atoms with Crippen LogP contribution >= 0.6 is 0 Å². The van der Waals surface area contributed by atoms with E-state index in [-0.39, 0.29) is 17.9 Å². The Balaban J connectivity index is 2.47. The van der Waals surface area contributed by atoms with Crippen LogP contribution in [0.15, 0.2) is 18.5 Å². The first kappa shape index (κ1) is 14.6. The molecular formula is C14H22N2O2. The van der Waals surface area contributed by atoms with Crippen LogP contribution in [0.5, 0.6) is 0 Å². The summed E-state index contributed by atoms with van der Waals surface area (Å²) in [6.45, 7) is 8.33. The highest BCUT2D eigenvalue weighted by molar-refractivity contribution is 5.93. The largest absolute Gasteiger partial charge is 0.391 e. The maximum Gasteiger partial charge on any atom is 0.252 e. The normalized spacial score (nSPS) is 13.2. The molecule has 1 rings (SSSR count). The molecule has 1 atom stereocenters. The van der Waals surface area contributed by atoms with Gasteiger partial charge in [-0.1, -0.05) is 20.8 Å². The fourth-order valence-electron chi connectivity index (χ4n) is 1.77. The Morgan fingerprint density at radius 2 is 2.11 bits per heavy atom. The lowest BCUT2D eigenvalue weighted by Crippen LogP contribution is -2.34. The highest BCUT2D eigenvalue weighted by Crippen LogP contribution is 2.20. The Morgan fingerprint density at radius 1 is 1.44 bits per heavy atom. The summed E-state index contributed by atoms with van der Waals surface area (Å²) < 4.78 is 0. The third-order valence-electron chi connectivity index (χ3n) is 2.48. The minimum atomic E-state index is -0.522. The minimum Gasteiger partial charge on any atom is -0.391 e. The van der Waals surface area contributed by atoms with Gasteiger partial charge in [0.1, 0.15) is 0 Å². The Hall–Kier alpha value is -1.42. The number of aliphatic hydroxyl groups excluding tert-OH is 1. The smallest absolute Gasteiger partial charge is 0.252 e. The van der Waals surface area contributed by atoms with Crippen molar-refractivity contribution in [3.05, 3.63) is 29.6 Å². The van der Waals surface area contributed by atoms with Gasteiger partial charge in [-0.2, -0.15) is 0 Å². The van der Waals surface area contributed by atoms with E-state index >= 15 is 0 Å². The average Bonchev–Trinajstić information content (AvgIpc) is 2.23. The van der Waals surface area contributed by atoms with E-state index in [4.69, 9.17) is 0 Å². The van der Waals surface area contributed by atoms with Crippen molar-refractivity contribution in [2.45, 2.75) is 40.2 Å². The zero-order valence-corrected chi connectivity index (χ0v) is 11.5. The van der Waals surface area contributed by atoms with Gasteiger partial charge in [-0.3, -0.25) is 9.78 Å². The summed E-state index contributed by atoms with van der Waals surface area (Å²) in [5.74, 6) is -0.195. The molecule has 1 aromatic heterocycles. The molecule has 1 aromatic rings. The van der Waals surface area contributed by atoms with Gasteiger partial charge >= 0.3 is 0 Å². The first-order chi connectivity index (χ1) is 8.28. The molecule has 0 aliphatic carbocycles. The van der Waals surface area contributed by atoms with Crippen molar-refractivity contribution >= 4 is 5.91 Å². The SMILES string of the molecule is Cc1cncc(C(=O)NCC(O)CC(C)(C)C)c1. The van der Waals surface area contributed by atoms with Crippen LogP contribution in [0.4, 0.5) is 0 Å². The molecule has 18 heavy (non-hydrogen) atoms. The number of aromatic nitrogens is 1. The molecule has 1 amide bonds. The number of hydrogen-bond acceptors (Lipinski definition) is 3. The number of amides is 1.